The third-order valence-corrected chi connectivity index (χ3v) is 3.97. The molecule has 0 amide bonds. The lowest BCUT2D eigenvalue weighted by Gasteiger charge is -2.26. The first-order chi connectivity index (χ1) is 9.18. The molecule has 3 heteroatoms. The summed E-state index contributed by atoms with van der Waals surface area (Å²) >= 11 is 0. The number of benzene rings is 1. The van der Waals surface area contributed by atoms with Crippen molar-refractivity contribution in [2.24, 2.45) is 0 Å². The van der Waals surface area contributed by atoms with Crippen molar-refractivity contribution in [2.75, 3.05) is 6.54 Å². The molecule has 0 saturated carbocycles. The van der Waals surface area contributed by atoms with Gasteiger partial charge in [-0.15, -0.1) is 0 Å². The van der Waals surface area contributed by atoms with Crippen LogP contribution in [0, 0.1) is 6.92 Å². The Morgan fingerprint density at radius 2 is 2.11 bits per heavy atom. The average Bonchev–Trinajstić information content (AvgIpc) is 2.83. The molecule has 1 aromatic carbocycles. The molecule has 1 aromatic heterocycles. The third kappa shape index (κ3) is 2.08. The fourth-order valence-electron chi connectivity index (χ4n) is 2.94. The van der Waals surface area contributed by atoms with Crippen LogP contribution >= 0.6 is 0 Å². The van der Waals surface area contributed by atoms with E-state index in [1.165, 1.54) is 22.5 Å². The van der Waals surface area contributed by atoms with Crippen LogP contribution in [0.2, 0.25) is 0 Å². The normalized spacial score (nSPS) is 18.6. The van der Waals surface area contributed by atoms with Crippen molar-refractivity contribution >= 4 is 0 Å². The predicted octanol–water partition coefficient (Wildman–Crippen LogP) is 3.01. The summed E-state index contributed by atoms with van der Waals surface area (Å²) in [6.07, 6.45) is 3.06. The maximum Gasteiger partial charge on any atom is 0.0954 e. The Morgan fingerprint density at radius 3 is 2.84 bits per heavy atom. The van der Waals surface area contributed by atoms with E-state index < -0.39 is 0 Å². The van der Waals surface area contributed by atoms with Crippen molar-refractivity contribution in [2.45, 2.75) is 39.3 Å². The lowest BCUT2D eigenvalue weighted by Crippen LogP contribution is -2.32. The fraction of sp³-hybridized carbons (Fsp3) is 0.438. The van der Waals surface area contributed by atoms with Gasteiger partial charge < -0.3 is 9.88 Å². The van der Waals surface area contributed by atoms with Gasteiger partial charge in [0.05, 0.1) is 18.1 Å². The Bertz CT molecular complexity index is 583. The first-order valence-electron chi connectivity index (χ1n) is 7.03. The highest BCUT2D eigenvalue weighted by Gasteiger charge is 2.26. The zero-order valence-electron chi connectivity index (χ0n) is 11.9. The van der Waals surface area contributed by atoms with Crippen LogP contribution in [0.3, 0.4) is 0 Å². The molecule has 2 aromatic rings. The van der Waals surface area contributed by atoms with Gasteiger partial charge in [0.2, 0.25) is 0 Å². The molecule has 0 spiro atoms. The van der Waals surface area contributed by atoms with Gasteiger partial charge in [-0.05, 0) is 31.9 Å². The Morgan fingerprint density at radius 1 is 1.32 bits per heavy atom. The summed E-state index contributed by atoms with van der Waals surface area (Å²) in [5.74, 6) is 0. The van der Waals surface area contributed by atoms with Crippen LogP contribution in [0.15, 0.2) is 30.6 Å². The lowest BCUT2D eigenvalue weighted by molar-refractivity contribution is 0.512. The molecule has 0 fully saturated rings. The van der Waals surface area contributed by atoms with Gasteiger partial charge >= 0.3 is 0 Å². The Kier molecular flexibility index (Phi) is 3.15. The highest BCUT2D eigenvalue weighted by molar-refractivity contribution is 5.37. The van der Waals surface area contributed by atoms with E-state index in [-0.39, 0.29) is 6.04 Å². The zero-order valence-corrected chi connectivity index (χ0v) is 11.9. The molecule has 100 valence electrons. The van der Waals surface area contributed by atoms with E-state index in [1.54, 1.807) is 0 Å². The molecule has 1 atom stereocenters. The molecule has 19 heavy (non-hydrogen) atoms. The standard InChI is InChI=1S/C16H21N3/c1-11(2)19-10-18-16-14(19)8-9-17-15(16)13-7-5-4-6-12(13)3/h4-7,10-11,15,17H,8-9H2,1-3H3. The second-order valence-corrected chi connectivity index (χ2v) is 5.57. The quantitative estimate of drug-likeness (QED) is 0.894. The summed E-state index contributed by atoms with van der Waals surface area (Å²) < 4.78 is 2.31. The van der Waals surface area contributed by atoms with E-state index in [2.05, 4.69) is 59.9 Å². The van der Waals surface area contributed by atoms with Gasteiger partial charge in [-0.2, -0.15) is 0 Å². The maximum absolute atomic E-state index is 4.68. The smallest absolute Gasteiger partial charge is 0.0954 e. The minimum atomic E-state index is 0.241. The second kappa shape index (κ2) is 4.82. The maximum atomic E-state index is 4.68. The summed E-state index contributed by atoms with van der Waals surface area (Å²) in [4.78, 5) is 4.68. The molecule has 0 radical (unpaired) electrons. The van der Waals surface area contributed by atoms with Crippen LogP contribution in [0.1, 0.15) is 48.4 Å². The van der Waals surface area contributed by atoms with E-state index in [0.717, 1.165) is 13.0 Å². The van der Waals surface area contributed by atoms with Gasteiger partial charge in [-0.3, -0.25) is 0 Å². The van der Waals surface area contributed by atoms with Crippen molar-refractivity contribution in [1.82, 2.24) is 14.9 Å². The Labute approximate surface area is 114 Å². The molecule has 1 aliphatic rings. The number of fused-ring (bicyclic) bond motifs is 1. The minimum Gasteiger partial charge on any atom is -0.332 e. The average molecular weight is 255 g/mol. The summed E-state index contributed by atoms with van der Waals surface area (Å²) in [5.41, 5.74) is 5.26. The number of hydrogen-bond acceptors (Lipinski definition) is 2. The predicted molar refractivity (Wildman–Crippen MR) is 77.3 cm³/mol. The van der Waals surface area contributed by atoms with Crippen molar-refractivity contribution in [1.29, 1.82) is 0 Å². The fourth-order valence-corrected chi connectivity index (χ4v) is 2.94. The van der Waals surface area contributed by atoms with Crippen molar-refractivity contribution in [3.8, 4) is 0 Å². The van der Waals surface area contributed by atoms with Gasteiger partial charge in [0.15, 0.2) is 0 Å². The molecular weight excluding hydrogens is 234 g/mol. The van der Waals surface area contributed by atoms with Gasteiger partial charge in [0, 0.05) is 24.7 Å². The van der Waals surface area contributed by atoms with Crippen molar-refractivity contribution in [3.05, 3.63) is 53.1 Å². The third-order valence-electron chi connectivity index (χ3n) is 3.97. The molecule has 1 N–H and O–H groups in total. The van der Waals surface area contributed by atoms with E-state index in [9.17, 15) is 0 Å². The highest BCUT2D eigenvalue weighted by Crippen LogP contribution is 2.30. The first kappa shape index (κ1) is 12.4. The number of rotatable bonds is 2. The van der Waals surface area contributed by atoms with Gasteiger partial charge in [-0.25, -0.2) is 4.98 Å². The van der Waals surface area contributed by atoms with Gasteiger partial charge in [0.25, 0.3) is 0 Å². The Balaban J connectivity index is 2.06. The first-order valence-corrected chi connectivity index (χ1v) is 7.03. The van der Waals surface area contributed by atoms with Crippen LogP contribution in [-0.2, 0) is 6.42 Å². The molecule has 3 nitrogen and oxygen atoms in total. The van der Waals surface area contributed by atoms with Gasteiger partial charge in [-0.1, -0.05) is 24.3 Å². The zero-order chi connectivity index (χ0) is 13.4. The van der Waals surface area contributed by atoms with Crippen molar-refractivity contribution < 1.29 is 0 Å². The number of nitrogens with zero attached hydrogens (tertiary/aromatic N) is 2. The SMILES string of the molecule is Cc1ccccc1C1NCCc2c1ncn2C(C)C. The van der Waals surface area contributed by atoms with E-state index in [4.69, 9.17) is 0 Å². The highest BCUT2D eigenvalue weighted by atomic mass is 15.1. The topological polar surface area (TPSA) is 29.9 Å². The summed E-state index contributed by atoms with van der Waals surface area (Å²) in [6, 6.07) is 9.30. The number of imidazole rings is 1. The van der Waals surface area contributed by atoms with Crippen LogP contribution in [0.25, 0.3) is 0 Å². The molecule has 0 saturated heterocycles. The van der Waals surface area contributed by atoms with Crippen LogP contribution in [0.5, 0.6) is 0 Å². The van der Waals surface area contributed by atoms with Crippen LogP contribution < -0.4 is 5.32 Å². The Hall–Kier alpha value is -1.61. The minimum absolute atomic E-state index is 0.241. The van der Waals surface area contributed by atoms with E-state index >= 15 is 0 Å². The lowest BCUT2D eigenvalue weighted by atomic mass is 9.94. The summed E-state index contributed by atoms with van der Waals surface area (Å²) in [5, 5.41) is 3.61. The van der Waals surface area contributed by atoms with Gasteiger partial charge in [0.1, 0.15) is 0 Å². The molecule has 1 aliphatic heterocycles. The molecule has 0 aliphatic carbocycles. The summed E-state index contributed by atoms with van der Waals surface area (Å²) in [7, 11) is 0. The molecule has 0 bridgehead atoms. The molecule has 1 unspecified atom stereocenters. The molecule has 2 heterocycles. The number of aromatic nitrogens is 2. The van der Waals surface area contributed by atoms with E-state index in [0.29, 0.717) is 6.04 Å². The number of hydrogen-bond donors (Lipinski definition) is 1. The number of nitrogens with one attached hydrogen (secondary N) is 1. The second-order valence-electron chi connectivity index (χ2n) is 5.57. The molecular formula is C16H21N3. The largest absolute Gasteiger partial charge is 0.332 e. The molecule has 3 rings (SSSR count). The summed E-state index contributed by atoms with van der Waals surface area (Å²) in [6.45, 7) is 7.62. The van der Waals surface area contributed by atoms with Crippen molar-refractivity contribution in [3.63, 3.8) is 0 Å². The monoisotopic (exact) mass is 255 g/mol. The van der Waals surface area contributed by atoms with E-state index in [1.807, 2.05) is 6.33 Å². The van der Waals surface area contributed by atoms with Crippen LogP contribution in [-0.4, -0.2) is 16.1 Å². The number of aryl methyl sites for hydroxylation is 1. The van der Waals surface area contributed by atoms with Crippen LogP contribution in [0.4, 0.5) is 0 Å².